The zero-order valence-electron chi connectivity index (χ0n) is 18.7. The Morgan fingerprint density at radius 1 is 1.18 bits per heavy atom. The van der Waals surface area contributed by atoms with Crippen molar-refractivity contribution >= 4 is 23.1 Å². The molecule has 1 amide bonds. The predicted octanol–water partition coefficient (Wildman–Crippen LogP) is 4.68. The van der Waals surface area contributed by atoms with E-state index in [0.717, 1.165) is 22.9 Å². The van der Waals surface area contributed by atoms with Crippen LogP contribution in [0.15, 0.2) is 58.5 Å². The molecule has 33 heavy (non-hydrogen) atoms. The fourth-order valence-corrected chi connectivity index (χ4v) is 3.63. The van der Waals surface area contributed by atoms with Gasteiger partial charge in [0.25, 0.3) is 5.91 Å². The van der Waals surface area contributed by atoms with Crippen molar-refractivity contribution in [2.75, 3.05) is 11.9 Å². The van der Waals surface area contributed by atoms with E-state index in [0.29, 0.717) is 34.9 Å². The van der Waals surface area contributed by atoms with Crippen molar-refractivity contribution in [2.45, 2.75) is 33.4 Å². The van der Waals surface area contributed by atoms with Gasteiger partial charge in [0, 0.05) is 30.2 Å². The van der Waals surface area contributed by atoms with Gasteiger partial charge in [0.1, 0.15) is 28.0 Å². The summed E-state index contributed by atoms with van der Waals surface area (Å²) in [5.41, 5.74) is 1.69. The molecular weight excluding hydrogens is 438 g/mol. The number of nitrogens with one attached hydrogen (secondary N) is 2. The van der Waals surface area contributed by atoms with Gasteiger partial charge in [0.05, 0.1) is 0 Å². The number of hydrogen-bond acceptors (Lipinski definition) is 8. The molecule has 9 heteroatoms. The molecule has 170 valence electrons. The second-order valence-electron chi connectivity index (χ2n) is 7.73. The van der Waals surface area contributed by atoms with Crippen LogP contribution in [0.5, 0.6) is 5.75 Å². The summed E-state index contributed by atoms with van der Waals surface area (Å²) < 4.78 is 11.4. The predicted molar refractivity (Wildman–Crippen MR) is 128 cm³/mol. The number of aromatic nitrogens is 3. The number of ether oxygens (including phenoxy) is 1. The average Bonchev–Trinajstić information content (AvgIpc) is 3.49. The maximum Gasteiger partial charge on any atom is 0.263 e. The molecule has 4 rings (SSSR count). The smallest absolute Gasteiger partial charge is 0.263 e. The Labute approximate surface area is 196 Å². The molecule has 0 aliphatic rings. The number of nitrogens with zero attached hydrogens (tertiary/aromatic N) is 3. The van der Waals surface area contributed by atoms with Gasteiger partial charge in [-0.25, -0.2) is 15.0 Å². The molecule has 0 spiro atoms. The molecule has 2 N–H and O–H groups in total. The van der Waals surface area contributed by atoms with Gasteiger partial charge in [-0.05, 0) is 36.8 Å². The van der Waals surface area contributed by atoms with Crippen molar-refractivity contribution in [3.8, 4) is 28.0 Å². The summed E-state index contributed by atoms with van der Waals surface area (Å²) in [5.74, 6) is 2.29. The molecule has 8 nitrogen and oxygen atoms in total. The Balaban J connectivity index is 1.46. The van der Waals surface area contributed by atoms with E-state index in [1.54, 1.807) is 18.3 Å². The summed E-state index contributed by atoms with van der Waals surface area (Å²) in [6, 6.07) is 13.4. The number of thiazole rings is 1. The summed E-state index contributed by atoms with van der Waals surface area (Å²) in [4.78, 5) is 25.9. The highest BCUT2D eigenvalue weighted by atomic mass is 32.1. The number of hydrogen-bond donors (Lipinski definition) is 2. The van der Waals surface area contributed by atoms with Crippen LogP contribution in [0.25, 0.3) is 22.3 Å². The summed E-state index contributed by atoms with van der Waals surface area (Å²) in [6.07, 6.45) is 1.70. The quantitative estimate of drug-likeness (QED) is 0.371. The molecule has 0 aliphatic heterocycles. The van der Waals surface area contributed by atoms with E-state index < -0.39 is 0 Å². The first-order valence-electron chi connectivity index (χ1n) is 10.6. The highest BCUT2D eigenvalue weighted by Gasteiger charge is 2.15. The molecule has 0 saturated carbocycles. The van der Waals surface area contributed by atoms with Crippen molar-refractivity contribution in [1.82, 2.24) is 20.3 Å². The van der Waals surface area contributed by atoms with Gasteiger partial charge in [-0.2, -0.15) is 0 Å². The molecular formula is C24H25N5O3S. The molecule has 1 aromatic carbocycles. The summed E-state index contributed by atoms with van der Waals surface area (Å²) in [6.45, 7) is 6.62. The zero-order chi connectivity index (χ0) is 23.2. The SMILES string of the molecule is Cc1ccc(-c2nc(NC(=O)COc3cccc(CNC(C)C)c3)cc(-c3nccs3)n2)o1. The number of rotatable bonds is 9. The van der Waals surface area contributed by atoms with Crippen molar-refractivity contribution < 1.29 is 13.9 Å². The van der Waals surface area contributed by atoms with E-state index in [4.69, 9.17) is 9.15 Å². The highest BCUT2D eigenvalue weighted by molar-refractivity contribution is 7.13. The summed E-state index contributed by atoms with van der Waals surface area (Å²) in [5, 5.41) is 8.75. The van der Waals surface area contributed by atoms with Crippen LogP contribution >= 0.6 is 11.3 Å². The largest absolute Gasteiger partial charge is 0.484 e. The molecule has 3 heterocycles. The lowest BCUT2D eigenvalue weighted by Crippen LogP contribution is -2.22. The number of aryl methyl sites for hydroxylation is 1. The summed E-state index contributed by atoms with van der Waals surface area (Å²) >= 11 is 1.45. The Kier molecular flexibility index (Phi) is 7.11. The maximum atomic E-state index is 12.6. The number of furan rings is 1. The van der Waals surface area contributed by atoms with Gasteiger partial charge in [0.2, 0.25) is 0 Å². The minimum Gasteiger partial charge on any atom is -0.484 e. The van der Waals surface area contributed by atoms with Crippen LogP contribution in [0.4, 0.5) is 5.82 Å². The van der Waals surface area contributed by atoms with E-state index in [1.165, 1.54) is 11.3 Å². The lowest BCUT2D eigenvalue weighted by atomic mass is 10.2. The van der Waals surface area contributed by atoms with Gasteiger partial charge in [-0.1, -0.05) is 26.0 Å². The lowest BCUT2D eigenvalue weighted by molar-refractivity contribution is -0.118. The minimum atomic E-state index is -0.328. The second kappa shape index (κ2) is 10.4. The number of benzene rings is 1. The van der Waals surface area contributed by atoms with E-state index >= 15 is 0 Å². The van der Waals surface area contributed by atoms with E-state index in [-0.39, 0.29) is 12.5 Å². The van der Waals surface area contributed by atoms with Crippen molar-refractivity contribution in [3.63, 3.8) is 0 Å². The van der Waals surface area contributed by atoms with E-state index in [9.17, 15) is 4.79 Å². The van der Waals surface area contributed by atoms with E-state index in [1.807, 2.05) is 42.6 Å². The Hall–Kier alpha value is -3.56. The third kappa shape index (κ3) is 6.24. The van der Waals surface area contributed by atoms with Crippen LogP contribution < -0.4 is 15.4 Å². The standard InChI is InChI=1S/C24H25N5O3S/c1-15(2)26-13-17-5-4-6-18(11-17)31-14-22(30)28-21-12-19(24-25-9-10-33-24)27-23(29-21)20-8-7-16(3)32-20/h4-12,15,26H,13-14H2,1-3H3,(H,27,28,29,30). The van der Waals surface area contributed by atoms with Crippen molar-refractivity contribution in [3.05, 3.63) is 65.4 Å². The number of carbonyl (C=O) groups excluding carboxylic acids is 1. The molecule has 0 radical (unpaired) electrons. The summed E-state index contributed by atoms with van der Waals surface area (Å²) in [7, 11) is 0. The third-order valence-corrected chi connectivity index (χ3v) is 5.38. The van der Waals surface area contributed by atoms with Crippen LogP contribution in [0.1, 0.15) is 25.2 Å². The normalized spacial score (nSPS) is 11.0. The number of carbonyl (C=O) groups is 1. The van der Waals surface area contributed by atoms with Gasteiger partial charge < -0.3 is 19.8 Å². The highest BCUT2D eigenvalue weighted by Crippen LogP contribution is 2.26. The Morgan fingerprint density at radius 2 is 2.06 bits per heavy atom. The number of amides is 1. The molecule has 0 aliphatic carbocycles. The minimum absolute atomic E-state index is 0.146. The average molecular weight is 464 g/mol. The van der Waals surface area contributed by atoms with Crippen molar-refractivity contribution in [1.29, 1.82) is 0 Å². The first kappa shape index (κ1) is 22.6. The lowest BCUT2D eigenvalue weighted by Gasteiger charge is -2.11. The van der Waals surface area contributed by atoms with Crippen LogP contribution in [0.3, 0.4) is 0 Å². The van der Waals surface area contributed by atoms with Gasteiger partial charge in [-0.3, -0.25) is 4.79 Å². The third-order valence-electron chi connectivity index (χ3n) is 4.59. The molecule has 0 unspecified atom stereocenters. The first-order valence-corrected chi connectivity index (χ1v) is 11.4. The molecule has 3 aromatic heterocycles. The molecule has 4 aromatic rings. The monoisotopic (exact) mass is 463 g/mol. The fourth-order valence-electron chi connectivity index (χ4n) is 3.03. The van der Waals surface area contributed by atoms with Crippen LogP contribution in [0.2, 0.25) is 0 Å². The van der Waals surface area contributed by atoms with Gasteiger partial charge in [0.15, 0.2) is 18.2 Å². The number of anilines is 1. The fraction of sp³-hybridized carbons (Fsp3) is 0.250. The van der Waals surface area contributed by atoms with Crippen LogP contribution in [0, 0.1) is 6.92 Å². The Morgan fingerprint density at radius 3 is 2.79 bits per heavy atom. The van der Waals surface area contributed by atoms with Crippen LogP contribution in [-0.4, -0.2) is 33.5 Å². The van der Waals surface area contributed by atoms with Crippen molar-refractivity contribution in [2.24, 2.45) is 0 Å². The van der Waals surface area contributed by atoms with Gasteiger partial charge >= 0.3 is 0 Å². The first-order chi connectivity index (χ1) is 16.0. The maximum absolute atomic E-state index is 12.6. The van der Waals surface area contributed by atoms with E-state index in [2.05, 4.69) is 39.4 Å². The molecule has 0 fully saturated rings. The molecule has 0 bridgehead atoms. The molecule has 0 saturated heterocycles. The Bertz CT molecular complexity index is 1220. The zero-order valence-corrected chi connectivity index (χ0v) is 19.5. The molecule has 0 atom stereocenters. The van der Waals surface area contributed by atoms with Gasteiger partial charge in [-0.15, -0.1) is 11.3 Å². The topological polar surface area (TPSA) is 102 Å². The second-order valence-corrected chi connectivity index (χ2v) is 8.62. The van der Waals surface area contributed by atoms with Crippen LogP contribution in [-0.2, 0) is 11.3 Å².